The van der Waals surface area contributed by atoms with Gasteiger partial charge >= 0.3 is 0 Å². The van der Waals surface area contributed by atoms with Crippen LogP contribution in [0.5, 0.6) is 0 Å². The topological polar surface area (TPSA) is 58.0 Å². The summed E-state index contributed by atoms with van der Waals surface area (Å²) >= 11 is 0. The number of hydrogen-bond acceptors (Lipinski definition) is 6. The van der Waals surface area contributed by atoms with Crippen LogP contribution in [0.2, 0.25) is 0 Å². The SMILES string of the molecule is [64Cu].c1ccc(CN2CC[C@@](c3ccccn3)(N(Cc3ccccn3)Cc3ccccn3)C2)nc1. The van der Waals surface area contributed by atoms with Gasteiger partial charge in [-0.2, -0.15) is 0 Å². The van der Waals surface area contributed by atoms with Crippen LogP contribution in [0.15, 0.2) is 97.6 Å². The number of hydrogen-bond donors (Lipinski definition) is 0. The molecule has 1 fully saturated rings. The van der Waals surface area contributed by atoms with Crippen LogP contribution in [0.25, 0.3) is 0 Å². The summed E-state index contributed by atoms with van der Waals surface area (Å²) in [5, 5.41) is 0. The van der Waals surface area contributed by atoms with Crippen molar-refractivity contribution in [1.82, 2.24) is 29.7 Å². The second-order valence-electron chi connectivity index (χ2n) is 8.53. The molecular formula is C27H28CuN6. The van der Waals surface area contributed by atoms with E-state index in [0.717, 1.165) is 61.9 Å². The van der Waals surface area contributed by atoms with Crippen LogP contribution in [0.3, 0.4) is 0 Å². The number of rotatable bonds is 8. The van der Waals surface area contributed by atoms with Crippen LogP contribution in [-0.4, -0.2) is 42.8 Å². The third-order valence-electron chi connectivity index (χ3n) is 6.34. The van der Waals surface area contributed by atoms with Crippen LogP contribution in [0.1, 0.15) is 29.2 Å². The van der Waals surface area contributed by atoms with E-state index in [2.05, 4.69) is 73.3 Å². The van der Waals surface area contributed by atoms with Crippen molar-refractivity contribution in [3.63, 3.8) is 0 Å². The van der Waals surface area contributed by atoms with Gasteiger partial charge in [-0.05, 0) is 55.0 Å². The fourth-order valence-electron chi connectivity index (χ4n) is 4.73. The zero-order valence-electron chi connectivity index (χ0n) is 19.0. The molecule has 0 N–H and O–H groups in total. The molecule has 5 rings (SSSR count). The minimum absolute atomic E-state index is 0. The Morgan fingerprint density at radius 1 is 0.676 bits per heavy atom. The summed E-state index contributed by atoms with van der Waals surface area (Å²) in [7, 11) is 0. The van der Waals surface area contributed by atoms with Crippen molar-refractivity contribution < 1.29 is 17.1 Å². The molecule has 0 aliphatic carbocycles. The van der Waals surface area contributed by atoms with Crippen LogP contribution < -0.4 is 0 Å². The standard InChI is InChI=1S/C27H28N6.Cu/c1-5-14-28-23(9-1)19-32-18-13-27(22-32,26-12-4-8-17-31-26)33(20-24-10-2-6-15-29-24)21-25-11-3-7-16-30-25;/h1-12,14-17H,13,18-22H2;/t27-;/m1./s1/i;1+0. The monoisotopic (exact) mass is 500 g/mol. The second-order valence-corrected chi connectivity index (χ2v) is 8.53. The Morgan fingerprint density at radius 3 is 1.71 bits per heavy atom. The Hall–Kier alpha value is -2.96. The maximum atomic E-state index is 4.85. The third-order valence-corrected chi connectivity index (χ3v) is 6.34. The molecule has 0 bridgehead atoms. The predicted molar refractivity (Wildman–Crippen MR) is 128 cm³/mol. The molecule has 1 atom stereocenters. The third kappa shape index (κ3) is 5.57. The van der Waals surface area contributed by atoms with E-state index < -0.39 is 0 Å². The van der Waals surface area contributed by atoms with E-state index in [9.17, 15) is 0 Å². The van der Waals surface area contributed by atoms with Gasteiger partial charge in [0, 0.05) is 74.6 Å². The maximum Gasteiger partial charge on any atom is 0.0781 e. The summed E-state index contributed by atoms with van der Waals surface area (Å²) < 4.78 is 0. The largest absolute Gasteiger partial charge is 0.295 e. The summed E-state index contributed by atoms with van der Waals surface area (Å²) in [4.78, 5) is 23.7. The first-order valence-electron chi connectivity index (χ1n) is 11.4. The molecular weight excluding hydrogens is 472 g/mol. The Balaban J connectivity index is 0.00000274. The van der Waals surface area contributed by atoms with Gasteiger partial charge in [-0.3, -0.25) is 29.7 Å². The summed E-state index contributed by atoms with van der Waals surface area (Å²) in [6, 6.07) is 24.6. The molecule has 0 amide bonds. The van der Waals surface area contributed by atoms with Crippen LogP contribution >= 0.6 is 0 Å². The molecule has 1 aliphatic rings. The van der Waals surface area contributed by atoms with Crippen LogP contribution in [-0.2, 0) is 42.2 Å². The molecule has 5 heterocycles. The van der Waals surface area contributed by atoms with Crippen molar-refractivity contribution in [2.45, 2.75) is 31.6 Å². The van der Waals surface area contributed by atoms with E-state index in [1.54, 1.807) is 0 Å². The van der Waals surface area contributed by atoms with E-state index in [-0.39, 0.29) is 22.6 Å². The fourth-order valence-corrected chi connectivity index (χ4v) is 4.73. The predicted octanol–water partition coefficient (Wildman–Crippen LogP) is 4.07. The molecule has 0 saturated carbocycles. The van der Waals surface area contributed by atoms with Crippen molar-refractivity contribution in [3.05, 3.63) is 120 Å². The molecule has 177 valence electrons. The van der Waals surface area contributed by atoms with Gasteiger partial charge in [0.05, 0.1) is 28.3 Å². The first-order chi connectivity index (χ1) is 16.3. The first kappa shape index (κ1) is 24.2. The van der Waals surface area contributed by atoms with E-state index in [0.29, 0.717) is 0 Å². The molecule has 1 aliphatic heterocycles. The Kier molecular flexibility index (Phi) is 8.14. The van der Waals surface area contributed by atoms with Crippen molar-refractivity contribution in [3.8, 4) is 0 Å². The minimum Gasteiger partial charge on any atom is -0.295 e. The number of nitrogens with zero attached hydrogens (tertiary/aromatic N) is 6. The Labute approximate surface area is 211 Å². The maximum absolute atomic E-state index is 4.85. The molecule has 1 radical (unpaired) electrons. The van der Waals surface area contributed by atoms with E-state index >= 15 is 0 Å². The van der Waals surface area contributed by atoms with Crippen LogP contribution in [0.4, 0.5) is 0 Å². The molecule has 4 aromatic rings. The summed E-state index contributed by atoms with van der Waals surface area (Å²) in [6.45, 7) is 4.14. The Bertz CT molecular complexity index is 1090. The van der Waals surface area contributed by atoms with E-state index in [1.807, 2.05) is 49.1 Å². The smallest absolute Gasteiger partial charge is 0.0781 e. The first-order valence-corrected chi connectivity index (χ1v) is 11.4. The minimum atomic E-state index is -0.245. The molecule has 0 unspecified atom stereocenters. The number of likely N-dealkylation sites (tertiary alicyclic amines) is 1. The molecule has 0 spiro atoms. The van der Waals surface area contributed by atoms with Gasteiger partial charge in [0.25, 0.3) is 0 Å². The van der Waals surface area contributed by atoms with Gasteiger partial charge < -0.3 is 0 Å². The van der Waals surface area contributed by atoms with Gasteiger partial charge in [-0.15, -0.1) is 0 Å². The average Bonchev–Trinajstić information content (AvgIpc) is 3.31. The van der Waals surface area contributed by atoms with E-state index in [4.69, 9.17) is 4.98 Å². The van der Waals surface area contributed by atoms with Crippen molar-refractivity contribution in [2.24, 2.45) is 0 Å². The molecule has 4 aromatic heterocycles. The van der Waals surface area contributed by atoms with Gasteiger partial charge in [0.2, 0.25) is 0 Å². The van der Waals surface area contributed by atoms with Crippen LogP contribution in [0, 0.1) is 0 Å². The van der Waals surface area contributed by atoms with E-state index in [1.165, 1.54) is 0 Å². The van der Waals surface area contributed by atoms with Crippen molar-refractivity contribution in [1.29, 1.82) is 0 Å². The number of aromatic nitrogens is 4. The molecule has 0 aromatic carbocycles. The average molecular weight is 500 g/mol. The molecule has 6 nitrogen and oxygen atoms in total. The quantitative estimate of drug-likeness (QED) is 0.340. The summed E-state index contributed by atoms with van der Waals surface area (Å²) in [5.74, 6) is 0. The zero-order chi connectivity index (χ0) is 22.3. The fraction of sp³-hybridized carbons (Fsp3) is 0.259. The van der Waals surface area contributed by atoms with Crippen molar-refractivity contribution >= 4 is 0 Å². The normalized spacial score (nSPS) is 18.0. The zero-order valence-corrected chi connectivity index (χ0v) is 19.9. The molecule has 7 heteroatoms. The molecule has 34 heavy (non-hydrogen) atoms. The number of pyridine rings is 4. The Morgan fingerprint density at radius 2 is 1.21 bits per heavy atom. The summed E-state index contributed by atoms with van der Waals surface area (Å²) in [6.07, 6.45) is 8.48. The van der Waals surface area contributed by atoms with Gasteiger partial charge in [-0.25, -0.2) is 0 Å². The van der Waals surface area contributed by atoms with Gasteiger partial charge in [0.1, 0.15) is 0 Å². The second kappa shape index (κ2) is 11.4. The van der Waals surface area contributed by atoms with Gasteiger partial charge in [-0.1, -0.05) is 24.3 Å². The van der Waals surface area contributed by atoms with Gasteiger partial charge in [0.15, 0.2) is 0 Å². The summed E-state index contributed by atoms with van der Waals surface area (Å²) in [5.41, 5.74) is 4.04. The molecule has 1 saturated heterocycles. The van der Waals surface area contributed by atoms with Crippen molar-refractivity contribution in [2.75, 3.05) is 13.1 Å².